The molecule has 0 unspecified atom stereocenters. The Bertz CT molecular complexity index is 1060. The van der Waals surface area contributed by atoms with Crippen molar-refractivity contribution in [3.8, 4) is 5.75 Å². The summed E-state index contributed by atoms with van der Waals surface area (Å²) in [6, 6.07) is 2.63. The average Bonchev–Trinajstić information content (AvgIpc) is 3.49. The van der Waals surface area contributed by atoms with Crippen LogP contribution < -0.4 is 10.1 Å². The normalized spacial score (nSPS) is 30.3. The summed E-state index contributed by atoms with van der Waals surface area (Å²) in [5.41, 5.74) is 1.25. The molecule has 2 aromatic rings. The lowest BCUT2D eigenvalue weighted by Gasteiger charge is -2.38. The topological polar surface area (TPSA) is 90.0 Å². The zero-order chi connectivity index (χ0) is 22.4. The molecule has 0 spiro atoms. The number of carbonyl (C=O) groups is 2. The van der Waals surface area contributed by atoms with Crippen LogP contribution in [0.1, 0.15) is 54.9 Å². The zero-order valence-electron chi connectivity index (χ0n) is 18.6. The lowest BCUT2D eigenvalue weighted by molar-refractivity contribution is -0.123. The van der Waals surface area contributed by atoms with Crippen molar-refractivity contribution in [2.75, 3.05) is 26.3 Å². The molecule has 2 amide bonds. The van der Waals surface area contributed by atoms with Crippen LogP contribution in [0.3, 0.4) is 0 Å². The van der Waals surface area contributed by atoms with Crippen molar-refractivity contribution in [2.24, 2.45) is 0 Å². The number of ether oxygens (including phenoxy) is 3. The number of imide groups is 1. The van der Waals surface area contributed by atoms with Crippen molar-refractivity contribution in [3.63, 3.8) is 0 Å². The van der Waals surface area contributed by atoms with Gasteiger partial charge >= 0.3 is 6.09 Å². The molecule has 6 rings (SSSR count). The monoisotopic (exact) mass is 471 g/mol. The molecule has 8 nitrogen and oxygen atoms in total. The summed E-state index contributed by atoms with van der Waals surface area (Å²) in [5, 5.41) is 3.34. The number of cyclic esters (lactones) is 1. The number of alkyl carbamates (subject to hydrolysis) is 1. The van der Waals surface area contributed by atoms with Crippen molar-refractivity contribution in [1.82, 2.24) is 15.2 Å². The van der Waals surface area contributed by atoms with Crippen molar-refractivity contribution in [2.45, 2.75) is 69.1 Å². The maximum atomic E-state index is 12.1. The van der Waals surface area contributed by atoms with Gasteiger partial charge in [0.15, 0.2) is 6.10 Å². The largest absolute Gasteiger partial charge is 0.490 e. The van der Waals surface area contributed by atoms with Crippen LogP contribution in [0.5, 0.6) is 5.75 Å². The minimum absolute atomic E-state index is 0.166. The van der Waals surface area contributed by atoms with Gasteiger partial charge in [0.05, 0.1) is 24.7 Å². The Balaban J connectivity index is 1.18. The number of rotatable bonds is 5. The number of aryl methyl sites for hydroxylation is 1. The predicted octanol–water partition coefficient (Wildman–Crippen LogP) is 3.37. The van der Waals surface area contributed by atoms with Gasteiger partial charge in [0, 0.05) is 36.6 Å². The van der Waals surface area contributed by atoms with Crippen LogP contribution in [0, 0.1) is 0 Å². The van der Waals surface area contributed by atoms with Gasteiger partial charge in [-0.15, -0.1) is 11.3 Å². The van der Waals surface area contributed by atoms with E-state index in [4.69, 9.17) is 14.2 Å². The Morgan fingerprint density at radius 3 is 2.73 bits per heavy atom. The van der Waals surface area contributed by atoms with Gasteiger partial charge in [-0.05, 0) is 56.1 Å². The maximum absolute atomic E-state index is 12.1. The van der Waals surface area contributed by atoms with Crippen molar-refractivity contribution in [1.29, 1.82) is 0 Å². The van der Waals surface area contributed by atoms with Crippen LogP contribution >= 0.6 is 11.3 Å². The van der Waals surface area contributed by atoms with Crippen molar-refractivity contribution < 1.29 is 23.8 Å². The van der Waals surface area contributed by atoms with E-state index < -0.39 is 12.2 Å². The molecule has 0 bridgehead atoms. The zero-order valence-corrected chi connectivity index (χ0v) is 19.4. The molecule has 1 N–H and O–H groups in total. The number of nitrogens with one attached hydrogen (secondary N) is 1. The average molecular weight is 472 g/mol. The summed E-state index contributed by atoms with van der Waals surface area (Å²) >= 11 is 1.73. The lowest BCUT2D eigenvalue weighted by atomic mass is 9.91. The molecule has 2 saturated heterocycles. The number of amides is 2. The third-order valence-electron chi connectivity index (χ3n) is 7.56. The van der Waals surface area contributed by atoms with E-state index in [2.05, 4.69) is 15.2 Å². The molecule has 3 fully saturated rings. The number of nitrogens with zero attached hydrogens (tertiary/aromatic N) is 2. The highest BCUT2D eigenvalue weighted by Gasteiger charge is 2.38. The van der Waals surface area contributed by atoms with E-state index in [-0.39, 0.29) is 17.9 Å². The van der Waals surface area contributed by atoms with Gasteiger partial charge in [0.2, 0.25) is 0 Å². The van der Waals surface area contributed by atoms with E-state index in [1.807, 2.05) is 12.3 Å². The Morgan fingerprint density at radius 1 is 1.15 bits per heavy atom. The van der Waals surface area contributed by atoms with Crippen LogP contribution in [0.4, 0.5) is 4.79 Å². The molecule has 4 aliphatic rings. The van der Waals surface area contributed by atoms with Gasteiger partial charge in [-0.1, -0.05) is 0 Å². The predicted molar refractivity (Wildman–Crippen MR) is 123 cm³/mol. The lowest BCUT2D eigenvalue weighted by Crippen LogP contribution is -2.46. The van der Waals surface area contributed by atoms with Gasteiger partial charge in [0.25, 0.3) is 5.91 Å². The highest BCUT2D eigenvalue weighted by molar-refractivity contribution is 7.19. The summed E-state index contributed by atoms with van der Waals surface area (Å²) in [5.74, 6) is 0.741. The molecule has 9 heteroatoms. The summed E-state index contributed by atoms with van der Waals surface area (Å²) in [7, 11) is 0. The van der Waals surface area contributed by atoms with Crippen LogP contribution in [0.15, 0.2) is 12.3 Å². The molecular weight excluding hydrogens is 442 g/mol. The third-order valence-corrected chi connectivity index (χ3v) is 8.73. The molecule has 176 valence electrons. The SMILES string of the molecule is O=C1NC(=O)[C@H](C[C@H]2CCc3sc4nccc(OC5CCC(N6CCOCC6)CC5)c4c32)O1. The fraction of sp³-hybridized carbons (Fsp3) is 0.625. The second-order valence-electron chi connectivity index (χ2n) is 9.48. The Hall–Kier alpha value is -2.23. The molecule has 2 aliphatic heterocycles. The summed E-state index contributed by atoms with van der Waals surface area (Å²) < 4.78 is 17.3. The quantitative estimate of drug-likeness (QED) is 0.715. The number of aromatic nitrogens is 1. The van der Waals surface area contributed by atoms with Crippen molar-refractivity contribution >= 4 is 33.6 Å². The first kappa shape index (κ1) is 21.3. The van der Waals surface area contributed by atoms with Gasteiger partial charge in [-0.3, -0.25) is 15.0 Å². The van der Waals surface area contributed by atoms with E-state index in [0.29, 0.717) is 12.5 Å². The molecular formula is C24H29N3O5S. The van der Waals surface area contributed by atoms with Gasteiger partial charge in [-0.2, -0.15) is 0 Å². The smallest absolute Gasteiger partial charge is 0.414 e. The molecule has 33 heavy (non-hydrogen) atoms. The minimum Gasteiger partial charge on any atom is -0.490 e. The van der Waals surface area contributed by atoms with Crippen LogP contribution in [0.2, 0.25) is 0 Å². The molecule has 2 aromatic heterocycles. The highest BCUT2D eigenvalue weighted by Crippen LogP contribution is 2.48. The minimum atomic E-state index is -0.708. The number of morpholine rings is 1. The number of fused-ring (bicyclic) bond motifs is 3. The van der Waals surface area contributed by atoms with Crippen LogP contribution in [-0.2, 0) is 20.7 Å². The molecule has 0 radical (unpaired) electrons. The fourth-order valence-corrected chi connectivity index (χ4v) is 7.18. The van der Waals surface area contributed by atoms with Crippen LogP contribution in [0.25, 0.3) is 10.2 Å². The van der Waals surface area contributed by atoms with Gasteiger partial charge < -0.3 is 14.2 Å². The number of carbonyl (C=O) groups excluding carboxylic acids is 2. The van der Waals surface area contributed by atoms with E-state index in [1.54, 1.807) is 11.3 Å². The van der Waals surface area contributed by atoms with E-state index in [1.165, 1.54) is 10.4 Å². The first-order valence-corrected chi connectivity index (χ1v) is 12.9. The Morgan fingerprint density at radius 2 is 1.97 bits per heavy atom. The number of hydrogen-bond donors (Lipinski definition) is 1. The van der Waals surface area contributed by atoms with Crippen LogP contribution in [-0.4, -0.2) is 66.4 Å². The summed E-state index contributed by atoms with van der Waals surface area (Å²) in [6.07, 6.45) is 7.56. The highest BCUT2D eigenvalue weighted by atomic mass is 32.1. The second kappa shape index (κ2) is 8.85. The molecule has 2 aliphatic carbocycles. The molecule has 4 heterocycles. The molecule has 1 saturated carbocycles. The summed E-state index contributed by atoms with van der Waals surface area (Å²) in [4.78, 5) is 33.0. The van der Waals surface area contributed by atoms with Crippen molar-refractivity contribution in [3.05, 3.63) is 22.7 Å². The first-order chi connectivity index (χ1) is 16.2. The Labute approximate surface area is 196 Å². The Kier molecular flexibility index (Phi) is 5.72. The standard InChI is InChI=1S/C24H29N3O5S/c28-22-18(32-24(29)26-22)13-14-1-6-19-20(14)21-17(7-8-25-23(21)33-19)31-16-4-2-15(3-5-16)27-9-11-30-12-10-27/h7-8,14-16,18H,1-6,9-13H2,(H,26,28,29)/t14-,15?,16?,18+/m1/s1. The first-order valence-electron chi connectivity index (χ1n) is 12.1. The fourth-order valence-electron chi connectivity index (χ4n) is 5.92. The number of hydrogen-bond acceptors (Lipinski definition) is 8. The number of thiophene rings is 1. The van der Waals surface area contributed by atoms with E-state index in [9.17, 15) is 9.59 Å². The second-order valence-corrected chi connectivity index (χ2v) is 10.6. The van der Waals surface area contributed by atoms with Gasteiger partial charge in [0.1, 0.15) is 10.6 Å². The maximum Gasteiger partial charge on any atom is 0.414 e. The van der Waals surface area contributed by atoms with Gasteiger partial charge in [-0.25, -0.2) is 9.78 Å². The van der Waals surface area contributed by atoms with E-state index >= 15 is 0 Å². The molecule has 0 aromatic carbocycles. The number of pyridine rings is 1. The molecule has 2 atom stereocenters. The van der Waals surface area contributed by atoms with E-state index in [0.717, 1.165) is 80.8 Å². The summed E-state index contributed by atoms with van der Waals surface area (Å²) in [6.45, 7) is 3.77. The third kappa shape index (κ3) is 4.11.